The number of hydrogen-bond donors (Lipinski definition) is 0. The summed E-state index contributed by atoms with van der Waals surface area (Å²) in [5, 5.41) is 0. The second kappa shape index (κ2) is 6.33. The van der Waals surface area contributed by atoms with Gasteiger partial charge in [-0.2, -0.15) is 0 Å². The van der Waals surface area contributed by atoms with Crippen LogP contribution in [0.5, 0.6) is 5.75 Å². The second-order valence-corrected chi connectivity index (χ2v) is 4.76. The molecule has 3 heteroatoms. The monoisotopic (exact) mass is 272 g/mol. The van der Waals surface area contributed by atoms with Crippen LogP contribution in [0.1, 0.15) is 27.9 Å². The lowest BCUT2D eigenvalue weighted by Crippen LogP contribution is -2.04. The van der Waals surface area contributed by atoms with Gasteiger partial charge in [-0.15, -0.1) is 0 Å². The van der Waals surface area contributed by atoms with Gasteiger partial charge in [-0.05, 0) is 31.0 Å². The van der Waals surface area contributed by atoms with Crippen LogP contribution in [0.25, 0.3) is 0 Å². The van der Waals surface area contributed by atoms with Crippen molar-refractivity contribution in [2.75, 3.05) is 7.11 Å². The van der Waals surface area contributed by atoms with E-state index < -0.39 is 5.82 Å². The third-order valence-electron chi connectivity index (χ3n) is 3.20. The van der Waals surface area contributed by atoms with Gasteiger partial charge in [-0.1, -0.05) is 29.8 Å². The molecule has 0 bridgehead atoms. The van der Waals surface area contributed by atoms with E-state index >= 15 is 0 Å². The number of methoxy groups -OCH3 is 1. The molecule has 0 aliphatic rings. The van der Waals surface area contributed by atoms with Gasteiger partial charge in [0.2, 0.25) is 0 Å². The number of carbonyl (C=O) groups is 1. The third-order valence-corrected chi connectivity index (χ3v) is 3.20. The van der Waals surface area contributed by atoms with E-state index in [0.29, 0.717) is 18.6 Å². The van der Waals surface area contributed by atoms with Crippen molar-refractivity contribution in [3.8, 4) is 5.75 Å². The van der Waals surface area contributed by atoms with Crippen molar-refractivity contribution in [2.45, 2.75) is 19.8 Å². The first-order chi connectivity index (χ1) is 9.60. The van der Waals surface area contributed by atoms with Crippen LogP contribution in [0, 0.1) is 12.7 Å². The van der Waals surface area contributed by atoms with Gasteiger partial charge in [0.15, 0.2) is 5.78 Å². The van der Waals surface area contributed by atoms with E-state index in [0.717, 1.165) is 11.1 Å². The minimum Gasteiger partial charge on any atom is -0.497 e. The van der Waals surface area contributed by atoms with Crippen LogP contribution in [-0.4, -0.2) is 12.9 Å². The number of hydrogen-bond acceptors (Lipinski definition) is 2. The molecule has 0 aromatic heterocycles. The Morgan fingerprint density at radius 2 is 2.00 bits per heavy atom. The van der Waals surface area contributed by atoms with Gasteiger partial charge in [0.25, 0.3) is 0 Å². The van der Waals surface area contributed by atoms with E-state index in [2.05, 4.69) is 0 Å². The lowest BCUT2D eigenvalue weighted by Gasteiger charge is -2.06. The number of carbonyl (C=O) groups excluding carboxylic acids is 1. The maximum atomic E-state index is 13.8. The van der Waals surface area contributed by atoms with Crippen LogP contribution < -0.4 is 4.74 Å². The summed E-state index contributed by atoms with van der Waals surface area (Å²) in [5.41, 5.74) is 2.37. The zero-order chi connectivity index (χ0) is 14.5. The van der Waals surface area contributed by atoms with Gasteiger partial charge in [-0.25, -0.2) is 4.39 Å². The summed E-state index contributed by atoms with van der Waals surface area (Å²) >= 11 is 0. The Bertz CT molecular complexity index is 620. The number of rotatable bonds is 5. The van der Waals surface area contributed by atoms with Crippen LogP contribution >= 0.6 is 0 Å². The first-order valence-electron chi connectivity index (χ1n) is 6.52. The van der Waals surface area contributed by atoms with E-state index in [4.69, 9.17) is 4.74 Å². The summed E-state index contributed by atoms with van der Waals surface area (Å²) in [5.74, 6) is -0.303. The molecule has 0 radical (unpaired) electrons. The van der Waals surface area contributed by atoms with Gasteiger partial charge < -0.3 is 4.74 Å². The summed E-state index contributed by atoms with van der Waals surface area (Å²) < 4.78 is 18.7. The summed E-state index contributed by atoms with van der Waals surface area (Å²) in [6.45, 7) is 2.01. The molecule has 0 atom stereocenters. The minimum absolute atomic E-state index is 0.124. The van der Waals surface area contributed by atoms with E-state index in [-0.39, 0.29) is 11.3 Å². The molecule has 0 spiro atoms. The maximum Gasteiger partial charge on any atom is 0.166 e. The van der Waals surface area contributed by atoms with Crippen LogP contribution in [0.15, 0.2) is 42.5 Å². The maximum absolute atomic E-state index is 13.8. The van der Waals surface area contributed by atoms with Crippen molar-refractivity contribution in [1.82, 2.24) is 0 Å². The van der Waals surface area contributed by atoms with Crippen LogP contribution in [-0.2, 0) is 6.42 Å². The number of ether oxygens (including phenoxy) is 1. The zero-order valence-electron chi connectivity index (χ0n) is 11.7. The fourth-order valence-corrected chi connectivity index (χ4v) is 2.11. The van der Waals surface area contributed by atoms with Crippen molar-refractivity contribution >= 4 is 5.78 Å². The molecule has 2 nitrogen and oxygen atoms in total. The minimum atomic E-state index is -0.529. The third kappa shape index (κ3) is 3.44. The lowest BCUT2D eigenvalue weighted by atomic mass is 10.0. The van der Waals surface area contributed by atoms with Crippen molar-refractivity contribution in [3.63, 3.8) is 0 Å². The highest BCUT2D eigenvalue weighted by atomic mass is 19.1. The van der Waals surface area contributed by atoms with Crippen LogP contribution in [0.3, 0.4) is 0 Å². The van der Waals surface area contributed by atoms with E-state index in [9.17, 15) is 9.18 Å². The molecule has 0 fully saturated rings. The molecule has 104 valence electrons. The van der Waals surface area contributed by atoms with Gasteiger partial charge >= 0.3 is 0 Å². The number of aryl methyl sites for hydroxylation is 2. The Kier molecular flexibility index (Phi) is 4.51. The molecule has 0 saturated carbocycles. The van der Waals surface area contributed by atoms with Crippen LogP contribution in [0.4, 0.5) is 4.39 Å². The summed E-state index contributed by atoms with van der Waals surface area (Å²) in [6.07, 6.45) is 0.915. The zero-order valence-corrected chi connectivity index (χ0v) is 11.7. The Morgan fingerprint density at radius 3 is 2.65 bits per heavy atom. The molecular formula is C17H17FO2. The normalized spacial score (nSPS) is 10.3. The van der Waals surface area contributed by atoms with Crippen molar-refractivity contribution in [2.24, 2.45) is 0 Å². The molecule has 0 heterocycles. The molecule has 20 heavy (non-hydrogen) atoms. The van der Waals surface area contributed by atoms with Gasteiger partial charge in [0.05, 0.1) is 12.7 Å². The molecule has 0 amide bonds. The molecule has 2 aromatic rings. The highest BCUT2D eigenvalue weighted by molar-refractivity contribution is 5.96. The molecular weight excluding hydrogens is 255 g/mol. The predicted molar refractivity (Wildman–Crippen MR) is 76.8 cm³/mol. The van der Waals surface area contributed by atoms with Crippen LogP contribution in [0.2, 0.25) is 0 Å². The van der Waals surface area contributed by atoms with Gasteiger partial charge in [-0.3, -0.25) is 4.79 Å². The van der Waals surface area contributed by atoms with Crippen molar-refractivity contribution < 1.29 is 13.9 Å². The molecule has 0 aliphatic carbocycles. The predicted octanol–water partition coefficient (Wildman–Crippen LogP) is 3.96. The van der Waals surface area contributed by atoms with Crippen molar-refractivity contribution in [3.05, 3.63) is 65.0 Å². The Morgan fingerprint density at radius 1 is 1.20 bits per heavy atom. The van der Waals surface area contributed by atoms with E-state index in [1.165, 1.54) is 19.2 Å². The SMILES string of the molecule is COc1ccc(C(=O)CCc2cccc(C)c2)c(F)c1. The molecule has 2 aromatic carbocycles. The summed E-state index contributed by atoms with van der Waals surface area (Å²) in [6, 6.07) is 12.3. The highest BCUT2D eigenvalue weighted by Crippen LogP contribution is 2.18. The summed E-state index contributed by atoms with van der Waals surface area (Å²) in [7, 11) is 1.47. The number of halogens is 1. The average Bonchev–Trinajstić information content (AvgIpc) is 2.44. The molecule has 0 unspecified atom stereocenters. The quantitative estimate of drug-likeness (QED) is 0.770. The Hall–Kier alpha value is -2.16. The van der Waals surface area contributed by atoms with E-state index in [1.807, 2.05) is 31.2 Å². The van der Waals surface area contributed by atoms with Gasteiger partial charge in [0.1, 0.15) is 11.6 Å². The number of Topliss-reactive ketones (excluding diaryl/α,β-unsaturated/α-hetero) is 1. The van der Waals surface area contributed by atoms with Gasteiger partial charge in [0, 0.05) is 12.5 Å². The molecule has 0 saturated heterocycles. The largest absolute Gasteiger partial charge is 0.497 e. The Balaban J connectivity index is 2.05. The molecule has 2 rings (SSSR count). The molecule has 0 N–H and O–H groups in total. The topological polar surface area (TPSA) is 26.3 Å². The Labute approximate surface area is 118 Å². The standard InChI is InChI=1S/C17H17FO2/c1-12-4-3-5-13(10-12)6-9-17(19)15-8-7-14(20-2)11-16(15)18/h3-5,7-8,10-11H,6,9H2,1-2H3. The average molecular weight is 272 g/mol. The number of benzene rings is 2. The highest BCUT2D eigenvalue weighted by Gasteiger charge is 2.12. The summed E-state index contributed by atoms with van der Waals surface area (Å²) in [4.78, 5) is 12.0. The smallest absolute Gasteiger partial charge is 0.166 e. The fourth-order valence-electron chi connectivity index (χ4n) is 2.11. The first kappa shape index (κ1) is 14.3. The van der Waals surface area contributed by atoms with E-state index in [1.54, 1.807) is 6.07 Å². The fraction of sp³-hybridized carbons (Fsp3) is 0.235. The number of ketones is 1. The van der Waals surface area contributed by atoms with Crippen molar-refractivity contribution in [1.29, 1.82) is 0 Å². The second-order valence-electron chi connectivity index (χ2n) is 4.76. The first-order valence-corrected chi connectivity index (χ1v) is 6.52. The lowest BCUT2D eigenvalue weighted by molar-refractivity contribution is 0.0979. The molecule has 0 aliphatic heterocycles.